The molecule has 0 bridgehead atoms. The molecule has 0 saturated carbocycles. The summed E-state index contributed by atoms with van der Waals surface area (Å²) < 4.78 is 0. The number of rotatable bonds is 0. The third-order valence-corrected chi connectivity index (χ3v) is 0. The fraction of sp³-hybridized carbons (Fsp3) is 0.750. The molecule has 0 N–H and O–H groups in total. The molecule has 0 unspecified atom stereocenters. The third kappa shape index (κ3) is 141. The van der Waals surface area contributed by atoms with Crippen molar-refractivity contribution in [3.8, 4) is 0 Å². The average molecular weight is 90.1 g/mol. The average Bonchev–Trinajstić information content (AvgIpc) is 0.722. The second kappa shape index (κ2) is 1.26. The van der Waals surface area contributed by atoms with Crippen LogP contribution in [-0.4, -0.2) is 20.0 Å². The van der Waals surface area contributed by atoms with Crippen molar-refractivity contribution in [2.45, 2.75) is 0 Å². The molecule has 1 radical (unpaired) electrons. The predicted octanol–water partition coefficient (Wildman–Crippen LogP) is 1.68. The fourth-order valence-corrected chi connectivity index (χ4v) is 0. The Balaban J connectivity index is 3.02. The largest absolute Gasteiger partial charge is 0.0920 e. The van der Waals surface area contributed by atoms with Gasteiger partial charge in [-0.15, -0.1) is 0 Å². The van der Waals surface area contributed by atoms with Crippen LogP contribution < -0.4 is 0 Å². The Morgan fingerprint density at radius 1 is 1.20 bits per heavy atom. The lowest BCUT2D eigenvalue weighted by Gasteiger charge is -1.96. The summed E-state index contributed by atoms with van der Waals surface area (Å²) in [5.41, 5.74) is 0. The Labute approximate surface area is 34.9 Å². The molecule has 0 aliphatic heterocycles. The molecule has 0 fully saturated rings. The maximum absolute atomic E-state index is 3.88. The number of hydrogen-bond acceptors (Lipinski definition) is 0. The van der Waals surface area contributed by atoms with Gasteiger partial charge in [-0.2, -0.15) is 0 Å². The van der Waals surface area contributed by atoms with Gasteiger partial charge in [0.05, 0.1) is 6.66 Å². The number of hydrogen-bond donors (Lipinski definition) is 0. The van der Waals surface area contributed by atoms with Crippen LogP contribution in [-0.2, 0) is 0 Å². The van der Waals surface area contributed by atoms with Gasteiger partial charge in [0, 0.05) is 27.3 Å². The zero-order valence-electron chi connectivity index (χ0n) is 4.15. The first-order chi connectivity index (χ1) is 2.00. The molecule has 1 heteroatoms. The third-order valence-electron chi connectivity index (χ3n) is 0. The van der Waals surface area contributed by atoms with Crippen LogP contribution in [0.5, 0.6) is 0 Å². The van der Waals surface area contributed by atoms with Gasteiger partial charge < -0.3 is 0 Å². The smallest absolute Gasteiger partial charge is 0.00890 e. The minimum Gasteiger partial charge on any atom is 0.00890 e. The van der Waals surface area contributed by atoms with Crippen molar-refractivity contribution in [3.63, 3.8) is 0 Å². The summed E-state index contributed by atoms with van der Waals surface area (Å²) >= 11 is 0. The van der Waals surface area contributed by atoms with Crippen molar-refractivity contribution < 1.29 is 0 Å². The Kier molecular flexibility index (Phi) is 1.37. The van der Waals surface area contributed by atoms with E-state index in [2.05, 4.69) is 26.7 Å². The Hall–Kier alpha value is 0.430. The van der Waals surface area contributed by atoms with E-state index in [4.69, 9.17) is 0 Å². The minimum absolute atomic E-state index is 0.639. The van der Waals surface area contributed by atoms with Crippen LogP contribution in [0.2, 0.25) is 0 Å². The van der Waals surface area contributed by atoms with Crippen molar-refractivity contribution in [1.29, 1.82) is 0 Å². The maximum Gasteiger partial charge on any atom is 0.0920 e. The summed E-state index contributed by atoms with van der Waals surface area (Å²) in [4.78, 5) is 0. The topological polar surface area (TPSA) is 0 Å². The second-order valence-electron chi connectivity index (χ2n) is 2.29. The molecule has 0 aromatic heterocycles. The summed E-state index contributed by atoms with van der Waals surface area (Å²) in [6.07, 6.45) is 0. The van der Waals surface area contributed by atoms with Gasteiger partial charge in [0.1, 0.15) is 0 Å². The predicted molar refractivity (Wildman–Crippen MR) is 30.0 cm³/mol. The fourth-order valence-electron chi connectivity index (χ4n) is 0. The molecule has 0 aromatic rings. The second-order valence-corrected chi connectivity index (χ2v) is 6.87. The van der Waals surface area contributed by atoms with Gasteiger partial charge in [-0.25, -0.2) is 0 Å². The molecule has 0 rings (SSSR count). The van der Waals surface area contributed by atoms with Crippen molar-refractivity contribution in [2.75, 3.05) is 20.0 Å². The van der Waals surface area contributed by atoms with Gasteiger partial charge >= 0.3 is 0 Å². The summed E-state index contributed by atoms with van der Waals surface area (Å²) in [7, 11) is -0.639. The van der Waals surface area contributed by atoms with E-state index in [1.807, 2.05) is 0 Å². The molecule has 5 heavy (non-hydrogen) atoms. The van der Waals surface area contributed by atoms with Crippen LogP contribution in [0.3, 0.4) is 0 Å². The van der Waals surface area contributed by atoms with E-state index >= 15 is 0 Å². The molecule has 0 nitrogen and oxygen atoms in total. The molecule has 0 amide bonds. The van der Waals surface area contributed by atoms with Crippen molar-refractivity contribution in [1.82, 2.24) is 0 Å². The summed E-state index contributed by atoms with van der Waals surface area (Å²) in [5, 5.41) is 0. The molecule has 0 aromatic carbocycles. The molecule has 0 aliphatic carbocycles. The van der Waals surface area contributed by atoms with Gasteiger partial charge in [0.2, 0.25) is 0 Å². The quantitative estimate of drug-likeness (QED) is 0.397. The molecular weight excluding hydrogens is 79.0 g/mol. The molecular formula is C4H11P+. The van der Waals surface area contributed by atoms with E-state index in [0.29, 0.717) is 0 Å². The highest BCUT2D eigenvalue weighted by molar-refractivity contribution is 7.74. The standard InChI is InChI=1S/C4H11P/c1-5(2,3)4/h1H2,2-4H3/q+1. The van der Waals surface area contributed by atoms with Crippen LogP contribution >= 0.6 is 7.26 Å². The van der Waals surface area contributed by atoms with Crippen molar-refractivity contribution in [2.24, 2.45) is 0 Å². The van der Waals surface area contributed by atoms with E-state index in [0.717, 1.165) is 0 Å². The molecule has 31 valence electrons. The van der Waals surface area contributed by atoms with E-state index in [9.17, 15) is 0 Å². The summed E-state index contributed by atoms with van der Waals surface area (Å²) in [5.74, 6) is 0. The lowest BCUT2D eigenvalue weighted by Crippen LogP contribution is -1.70. The Morgan fingerprint density at radius 2 is 1.20 bits per heavy atom. The van der Waals surface area contributed by atoms with Crippen molar-refractivity contribution >= 4 is 7.26 Å². The molecule has 0 heterocycles. The van der Waals surface area contributed by atoms with Gasteiger partial charge in [-0.05, 0) is 0 Å². The van der Waals surface area contributed by atoms with Crippen LogP contribution in [0.25, 0.3) is 0 Å². The first-order valence-corrected chi connectivity index (χ1v) is 4.97. The Bertz CT molecular complexity index is 19.1. The molecule has 0 spiro atoms. The van der Waals surface area contributed by atoms with Gasteiger partial charge in [-0.1, -0.05) is 0 Å². The van der Waals surface area contributed by atoms with Crippen LogP contribution in [0.4, 0.5) is 0 Å². The van der Waals surface area contributed by atoms with E-state index in [1.165, 1.54) is 0 Å². The highest BCUT2D eigenvalue weighted by Gasteiger charge is 2.04. The van der Waals surface area contributed by atoms with E-state index < -0.39 is 7.26 Å². The van der Waals surface area contributed by atoms with Crippen molar-refractivity contribution in [3.05, 3.63) is 6.66 Å². The molecule has 0 atom stereocenters. The van der Waals surface area contributed by atoms with Crippen LogP contribution in [0, 0.1) is 6.66 Å². The normalized spacial score (nSPS) is 12.0. The van der Waals surface area contributed by atoms with E-state index in [-0.39, 0.29) is 0 Å². The lowest BCUT2D eigenvalue weighted by atomic mass is 11.8. The van der Waals surface area contributed by atoms with E-state index in [1.54, 1.807) is 0 Å². The maximum atomic E-state index is 3.88. The van der Waals surface area contributed by atoms with Crippen LogP contribution in [0.15, 0.2) is 0 Å². The van der Waals surface area contributed by atoms with Gasteiger partial charge in [0.25, 0.3) is 0 Å². The first kappa shape index (κ1) is 5.43. The molecule has 0 saturated heterocycles. The zero-order chi connectivity index (χ0) is 4.50. The highest BCUT2D eigenvalue weighted by Crippen LogP contribution is 2.43. The first-order valence-electron chi connectivity index (χ1n) is 1.66. The minimum atomic E-state index is -0.639. The van der Waals surface area contributed by atoms with Gasteiger partial charge in [0.15, 0.2) is 0 Å². The summed E-state index contributed by atoms with van der Waals surface area (Å²) in [6, 6.07) is 0. The Morgan fingerprint density at radius 3 is 1.20 bits per heavy atom. The van der Waals surface area contributed by atoms with Crippen LogP contribution in [0.1, 0.15) is 0 Å². The SMILES string of the molecule is [CH2][P+](C)(C)C. The monoisotopic (exact) mass is 90.1 g/mol. The zero-order valence-corrected chi connectivity index (χ0v) is 5.05. The lowest BCUT2D eigenvalue weighted by molar-refractivity contribution is 2.02. The highest BCUT2D eigenvalue weighted by atomic mass is 31.2. The summed E-state index contributed by atoms with van der Waals surface area (Å²) in [6.45, 7) is 10.4. The molecule has 0 aliphatic rings. The van der Waals surface area contributed by atoms with Gasteiger partial charge in [-0.3, -0.25) is 0 Å².